The Labute approximate surface area is 81.5 Å². The lowest BCUT2D eigenvalue weighted by Gasteiger charge is -2.06. The normalized spacial score (nSPS) is 10.7. The zero-order valence-corrected chi connectivity index (χ0v) is 7.27. The smallest absolute Gasteiger partial charge is 0.422 e. The van der Waals surface area contributed by atoms with Gasteiger partial charge in [0, 0.05) is 0 Å². The molecule has 0 fully saturated rings. The quantitative estimate of drug-likeness (QED) is 0.414. The molecule has 0 rings (SSSR count). The summed E-state index contributed by atoms with van der Waals surface area (Å²) in [7, 11) is 0. The standard InChI is InChI=1S/C7H6F4O4/c1-4(8)2-14-5(12)6(13)15-3-7(9,10)11/h1-3H2. The Bertz CT molecular complexity index is 271. The molecule has 4 nitrogen and oxygen atoms in total. The maximum Gasteiger partial charge on any atom is 0.422 e. The molecule has 0 bridgehead atoms. The van der Waals surface area contributed by atoms with Crippen LogP contribution in [-0.2, 0) is 19.1 Å². The molecule has 8 heteroatoms. The Hall–Kier alpha value is -1.60. The van der Waals surface area contributed by atoms with Gasteiger partial charge in [-0.15, -0.1) is 0 Å². The van der Waals surface area contributed by atoms with E-state index in [4.69, 9.17) is 0 Å². The Morgan fingerprint density at radius 3 is 2.00 bits per heavy atom. The average molecular weight is 230 g/mol. The van der Waals surface area contributed by atoms with Crippen LogP contribution >= 0.6 is 0 Å². The van der Waals surface area contributed by atoms with E-state index < -0.39 is 37.2 Å². The number of carbonyl (C=O) groups excluding carboxylic acids is 2. The van der Waals surface area contributed by atoms with Crippen molar-refractivity contribution in [3.8, 4) is 0 Å². The van der Waals surface area contributed by atoms with Crippen LogP contribution in [0, 0.1) is 0 Å². The monoisotopic (exact) mass is 230 g/mol. The zero-order chi connectivity index (χ0) is 12.1. The molecule has 0 amide bonds. The van der Waals surface area contributed by atoms with Crippen molar-refractivity contribution in [2.45, 2.75) is 6.18 Å². The van der Waals surface area contributed by atoms with Crippen LogP contribution in [0.3, 0.4) is 0 Å². The minimum Gasteiger partial charge on any atom is -0.450 e. The molecule has 0 saturated heterocycles. The second kappa shape index (κ2) is 5.32. The molecular weight excluding hydrogens is 224 g/mol. The van der Waals surface area contributed by atoms with E-state index in [9.17, 15) is 27.2 Å². The number of alkyl halides is 3. The summed E-state index contributed by atoms with van der Waals surface area (Å²) in [5.41, 5.74) is 0. The lowest BCUT2D eigenvalue weighted by atomic mass is 10.6. The van der Waals surface area contributed by atoms with E-state index in [0.717, 1.165) is 0 Å². The van der Waals surface area contributed by atoms with Gasteiger partial charge in [0.05, 0.1) is 0 Å². The molecular formula is C7H6F4O4. The van der Waals surface area contributed by atoms with Crippen LogP contribution in [0.4, 0.5) is 17.6 Å². The minimum atomic E-state index is -4.74. The lowest BCUT2D eigenvalue weighted by molar-refractivity contribution is -0.192. The number of hydrogen-bond acceptors (Lipinski definition) is 4. The highest BCUT2D eigenvalue weighted by Gasteiger charge is 2.31. The van der Waals surface area contributed by atoms with Crippen molar-refractivity contribution in [2.24, 2.45) is 0 Å². The highest BCUT2D eigenvalue weighted by molar-refractivity contribution is 6.29. The number of rotatable bonds is 3. The predicted molar refractivity (Wildman–Crippen MR) is 38.2 cm³/mol. The summed E-state index contributed by atoms with van der Waals surface area (Å²) in [4.78, 5) is 20.9. The molecule has 0 radical (unpaired) electrons. The molecule has 0 atom stereocenters. The van der Waals surface area contributed by atoms with Crippen LogP contribution in [0.25, 0.3) is 0 Å². The fourth-order valence-corrected chi connectivity index (χ4v) is 0.409. The van der Waals surface area contributed by atoms with Crippen LogP contribution in [0.15, 0.2) is 12.4 Å². The second-order valence-corrected chi connectivity index (χ2v) is 2.28. The lowest BCUT2D eigenvalue weighted by Crippen LogP contribution is -2.26. The van der Waals surface area contributed by atoms with Gasteiger partial charge in [-0.3, -0.25) is 0 Å². The number of halogens is 4. The van der Waals surface area contributed by atoms with Gasteiger partial charge in [-0.1, -0.05) is 6.58 Å². The molecule has 86 valence electrons. The molecule has 0 saturated carbocycles. The molecule has 0 aromatic carbocycles. The van der Waals surface area contributed by atoms with Gasteiger partial charge < -0.3 is 9.47 Å². The summed E-state index contributed by atoms with van der Waals surface area (Å²) in [6, 6.07) is 0. The first-order valence-corrected chi connectivity index (χ1v) is 3.46. The number of carbonyl (C=O) groups is 2. The first-order chi connectivity index (χ1) is 6.72. The van der Waals surface area contributed by atoms with Gasteiger partial charge in [-0.05, 0) is 0 Å². The van der Waals surface area contributed by atoms with E-state index in [0.29, 0.717) is 0 Å². The largest absolute Gasteiger partial charge is 0.450 e. The highest BCUT2D eigenvalue weighted by Crippen LogP contribution is 2.14. The highest BCUT2D eigenvalue weighted by atomic mass is 19.4. The van der Waals surface area contributed by atoms with Crippen LogP contribution in [0.5, 0.6) is 0 Å². The average Bonchev–Trinajstić information content (AvgIpc) is 2.08. The predicted octanol–water partition coefficient (Wildman–Crippen LogP) is 1.12. The van der Waals surface area contributed by atoms with Crippen molar-refractivity contribution >= 4 is 11.9 Å². The molecule has 0 spiro atoms. The SMILES string of the molecule is C=C(F)COC(=O)C(=O)OCC(F)(F)F. The maximum absolute atomic E-state index is 11.9. The Kier molecular flexibility index (Phi) is 4.75. The van der Waals surface area contributed by atoms with Crippen LogP contribution in [-0.4, -0.2) is 31.3 Å². The van der Waals surface area contributed by atoms with Gasteiger partial charge in [0.25, 0.3) is 0 Å². The van der Waals surface area contributed by atoms with Gasteiger partial charge >= 0.3 is 18.1 Å². The van der Waals surface area contributed by atoms with Crippen LogP contribution < -0.4 is 0 Å². The Morgan fingerprint density at radius 2 is 1.60 bits per heavy atom. The first kappa shape index (κ1) is 13.4. The minimum absolute atomic E-state index is 0.903. The van der Waals surface area contributed by atoms with E-state index in [-0.39, 0.29) is 0 Å². The van der Waals surface area contributed by atoms with E-state index in [1.165, 1.54) is 0 Å². The number of ether oxygens (including phenoxy) is 2. The summed E-state index contributed by atoms with van der Waals surface area (Å²) >= 11 is 0. The number of hydrogen-bond donors (Lipinski definition) is 0. The summed E-state index contributed by atoms with van der Waals surface area (Å²) < 4.78 is 53.8. The fraction of sp³-hybridized carbons (Fsp3) is 0.429. The van der Waals surface area contributed by atoms with Gasteiger partial charge in [-0.2, -0.15) is 13.2 Å². The van der Waals surface area contributed by atoms with Crippen molar-refractivity contribution in [2.75, 3.05) is 13.2 Å². The van der Waals surface area contributed by atoms with E-state index in [2.05, 4.69) is 16.1 Å². The summed E-state index contributed by atoms with van der Waals surface area (Å²) in [6.07, 6.45) is -4.74. The van der Waals surface area contributed by atoms with E-state index >= 15 is 0 Å². The first-order valence-electron chi connectivity index (χ1n) is 3.46. The molecule has 0 aromatic heterocycles. The van der Waals surface area contributed by atoms with Crippen molar-refractivity contribution in [3.63, 3.8) is 0 Å². The van der Waals surface area contributed by atoms with Crippen LogP contribution in [0.1, 0.15) is 0 Å². The molecule has 0 unspecified atom stereocenters. The molecule has 15 heavy (non-hydrogen) atoms. The Morgan fingerprint density at radius 1 is 1.13 bits per heavy atom. The molecule has 0 aromatic rings. The van der Waals surface area contributed by atoms with Gasteiger partial charge in [-0.25, -0.2) is 14.0 Å². The van der Waals surface area contributed by atoms with Gasteiger partial charge in [0.1, 0.15) is 12.4 Å². The third kappa shape index (κ3) is 7.47. The fourth-order valence-electron chi connectivity index (χ4n) is 0.409. The van der Waals surface area contributed by atoms with Crippen molar-refractivity contribution in [3.05, 3.63) is 12.4 Å². The molecule has 0 N–H and O–H groups in total. The van der Waals surface area contributed by atoms with E-state index in [1.807, 2.05) is 0 Å². The van der Waals surface area contributed by atoms with Gasteiger partial charge in [0.2, 0.25) is 0 Å². The van der Waals surface area contributed by atoms with Gasteiger partial charge in [0.15, 0.2) is 6.61 Å². The second-order valence-electron chi connectivity index (χ2n) is 2.28. The summed E-state index contributed by atoms with van der Waals surface area (Å²) in [5.74, 6) is -4.60. The molecule has 0 aliphatic heterocycles. The van der Waals surface area contributed by atoms with Crippen molar-refractivity contribution in [1.82, 2.24) is 0 Å². The Balaban J connectivity index is 3.90. The summed E-state index contributed by atoms with van der Waals surface area (Å²) in [5, 5.41) is 0. The third-order valence-electron chi connectivity index (χ3n) is 0.893. The molecule has 0 aliphatic rings. The zero-order valence-electron chi connectivity index (χ0n) is 7.27. The van der Waals surface area contributed by atoms with Crippen molar-refractivity contribution < 1.29 is 36.6 Å². The molecule has 0 aliphatic carbocycles. The molecule has 0 heterocycles. The maximum atomic E-state index is 11.9. The third-order valence-corrected chi connectivity index (χ3v) is 0.893. The summed E-state index contributed by atoms with van der Waals surface area (Å²) in [6.45, 7) is -0.112. The van der Waals surface area contributed by atoms with Crippen LogP contribution in [0.2, 0.25) is 0 Å². The van der Waals surface area contributed by atoms with Crippen molar-refractivity contribution in [1.29, 1.82) is 0 Å². The number of esters is 2. The van der Waals surface area contributed by atoms with E-state index in [1.54, 1.807) is 0 Å². The topological polar surface area (TPSA) is 52.6 Å².